The van der Waals surface area contributed by atoms with E-state index in [2.05, 4.69) is 5.92 Å². The first kappa shape index (κ1) is 15.5. The van der Waals surface area contributed by atoms with E-state index in [0.29, 0.717) is 6.42 Å². The van der Waals surface area contributed by atoms with E-state index < -0.39 is 6.10 Å². The van der Waals surface area contributed by atoms with Crippen molar-refractivity contribution in [2.45, 2.75) is 24.9 Å². The molecule has 2 aromatic carbocycles. The minimum Gasteiger partial charge on any atom is -0.497 e. The molecule has 3 nitrogen and oxygen atoms in total. The van der Waals surface area contributed by atoms with Crippen LogP contribution in [0.5, 0.6) is 11.5 Å². The molecule has 0 spiro atoms. The fourth-order valence-corrected chi connectivity index (χ4v) is 3.36. The van der Waals surface area contributed by atoms with Crippen molar-refractivity contribution in [2.24, 2.45) is 0 Å². The molecule has 2 aromatic rings. The zero-order valence-corrected chi connectivity index (χ0v) is 13.4. The molecule has 0 fully saturated rings. The molecule has 23 heavy (non-hydrogen) atoms. The van der Waals surface area contributed by atoms with Gasteiger partial charge in [-0.1, -0.05) is 12.1 Å². The van der Waals surface area contributed by atoms with Crippen LogP contribution in [-0.4, -0.2) is 25.4 Å². The second-order valence-electron chi connectivity index (χ2n) is 5.76. The van der Waals surface area contributed by atoms with Crippen molar-refractivity contribution in [2.75, 3.05) is 14.2 Å². The summed E-state index contributed by atoms with van der Waals surface area (Å²) >= 11 is 0. The highest BCUT2D eigenvalue weighted by Crippen LogP contribution is 2.41. The number of ether oxygens (including phenoxy) is 2. The Morgan fingerprint density at radius 2 is 1.61 bits per heavy atom. The molecule has 3 heteroatoms. The smallest absolute Gasteiger partial charge is 0.119 e. The first-order chi connectivity index (χ1) is 11.2. The monoisotopic (exact) mass is 308 g/mol. The average molecular weight is 308 g/mol. The van der Waals surface area contributed by atoms with Gasteiger partial charge in [0.1, 0.15) is 11.5 Å². The molecule has 0 saturated carbocycles. The van der Waals surface area contributed by atoms with E-state index in [1.807, 2.05) is 36.4 Å². The molecule has 1 atom stereocenters. The molecule has 0 amide bonds. The average Bonchev–Trinajstić information content (AvgIpc) is 2.58. The molecule has 1 N–H and O–H groups in total. The molecule has 3 rings (SSSR count). The van der Waals surface area contributed by atoms with Crippen molar-refractivity contribution in [1.82, 2.24) is 0 Å². The van der Waals surface area contributed by atoms with Gasteiger partial charge in [0.2, 0.25) is 0 Å². The lowest BCUT2D eigenvalue weighted by Gasteiger charge is -2.31. The fraction of sp³-hybridized carbons (Fsp3) is 0.300. The minimum atomic E-state index is -0.611. The normalized spacial score (nSPS) is 14.3. The number of benzene rings is 2. The SMILES string of the molecule is C#CCC(O)C1c2ccc(OC)cc2Cc2cc(OC)ccc21. The zero-order valence-electron chi connectivity index (χ0n) is 13.4. The van der Waals surface area contributed by atoms with Gasteiger partial charge < -0.3 is 14.6 Å². The van der Waals surface area contributed by atoms with Crippen molar-refractivity contribution in [3.63, 3.8) is 0 Å². The highest BCUT2D eigenvalue weighted by molar-refractivity contribution is 5.53. The Morgan fingerprint density at radius 3 is 2.04 bits per heavy atom. The highest BCUT2D eigenvalue weighted by Gasteiger charge is 2.31. The summed E-state index contributed by atoms with van der Waals surface area (Å²) in [4.78, 5) is 0. The quantitative estimate of drug-likeness (QED) is 0.882. The van der Waals surface area contributed by atoms with Crippen molar-refractivity contribution in [3.05, 3.63) is 58.7 Å². The second-order valence-corrected chi connectivity index (χ2v) is 5.76. The summed E-state index contributed by atoms with van der Waals surface area (Å²) in [5, 5.41) is 10.6. The molecule has 1 aliphatic rings. The summed E-state index contributed by atoms with van der Waals surface area (Å²) in [6.07, 6.45) is 5.92. The number of terminal acetylenes is 1. The van der Waals surface area contributed by atoms with E-state index in [9.17, 15) is 5.11 Å². The first-order valence-electron chi connectivity index (χ1n) is 7.63. The number of hydrogen-bond donors (Lipinski definition) is 1. The Hall–Kier alpha value is -2.44. The minimum absolute atomic E-state index is 0.124. The Balaban J connectivity index is 2.13. The van der Waals surface area contributed by atoms with Crippen LogP contribution in [0.3, 0.4) is 0 Å². The van der Waals surface area contributed by atoms with E-state index in [4.69, 9.17) is 15.9 Å². The summed E-state index contributed by atoms with van der Waals surface area (Å²) in [6.45, 7) is 0. The third-order valence-electron chi connectivity index (χ3n) is 4.46. The van der Waals surface area contributed by atoms with Gasteiger partial charge in [-0.25, -0.2) is 0 Å². The summed E-state index contributed by atoms with van der Waals surface area (Å²) in [7, 11) is 3.32. The number of aliphatic hydroxyl groups is 1. The van der Waals surface area contributed by atoms with Gasteiger partial charge in [-0.3, -0.25) is 0 Å². The summed E-state index contributed by atoms with van der Waals surface area (Å²) in [6, 6.07) is 12.0. The lowest BCUT2D eigenvalue weighted by atomic mass is 9.75. The number of fused-ring (bicyclic) bond motifs is 2. The molecule has 0 aromatic heterocycles. The number of rotatable bonds is 4. The molecule has 118 valence electrons. The standard InChI is InChI=1S/C20H20O3/c1-4-5-19(21)20-17-8-6-15(22-2)11-13(17)10-14-12-16(23-3)7-9-18(14)20/h1,6-9,11-12,19-21H,5,10H2,2-3H3. The molecule has 0 heterocycles. The van der Waals surface area contributed by atoms with Gasteiger partial charge in [0.15, 0.2) is 0 Å². The van der Waals surface area contributed by atoms with Crippen LogP contribution in [0, 0.1) is 12.3 Å². The van der Waals surface area contributed by atoms with Crippen molar-refractivity contribution >= 4 is 0 Å². The largest absolute Gasteiger partial charge is 0.497 e. The maximum Gasteiger partial charge on any atom is 0.119 e. The van der Waals surface area contributed by atoms with E-state index in [1.54, 1.807) is 14.2 Å². The Bertz CT molecular complexity index is 704. The van der Waals surface area contributed by atoms with Gasteiger partial charge in [-0.05, 0) is 52.9 Å². The van der Waals surface area contributed by atoms with Crippen LogP contribution in [0.2, 0.25) is 0 Å². The summed E-state index contributed by atoms with van der Waals surface area (Å²) < 4.78 is 10.7. The van der Waals surface area contributed by atoms with Crippen LogP contribution in [0.25, 0.3) is 0 Å². The lowest BCUT2D eigenvalue weighted by molar-refractivity contribution is 0.160. The van der Waals surface area contributed by atoms with Crippen LogP contribution in [-0.2, 0) is 6.42 Å². The van der Waals surface area contributed by atoms with Crippen LogP contribution >= 0.6 is 0 Å². The Kier molecular flexibility index (Phi) is 4.27. The van der Waals surface area contributed by atoms with E-state index in [1.165, 1.54) is 0 Å². The molecule has 0 radical (unpaired) electrons. The van der Waals surface area contributed by atoms with Crippen molar-refractivity contribution < 1.29 is 14.6 Å². The van der Waals surface area contributed by atoms with Gasteiger partial charge in [-0.15, -0.1) is 12.3 Å². The maximum absolute atomic E-state index is 10.6. The molecular weight excluding hydrogens is 288 g/mol. The van der Waals surface area contributed by atoms with Crippen molar-refractivity contribution in [1.29, 1.82) is 0 Å². The van der Waals surface area contributed by atoms with Crippen LogP contribution in [0.15, 0.2) is 36.4 Å². The van der Waals surface area contributed by atoms with E-state index in [-0.39, 0.29) is 5.92 Å². The highest BCUT2D eigenvalue weighted by atomic mass is 16.5. The third-order valence-corrected chi connectivity index (χ3v) is 4.46. The predicted molar refractivity (Wildman–Crippen MR) is 90.1 cm³/mol. The summed E-state index contributed by atoms with van der Waals surface area (Å²) in [5.41, 5.74) is 4.55. The second kappa shape index (κ2) is 6.36. The topological polar surface area (TPSA) is 38.7 Å². The van der Waals surface area contributed by atoms with E-state index in [0.717, 1.165) is 40.2 Å². The third kappa shape index (κ3) is 2.78. The Labute approximate surface area is 136 Å². The van der Waals surface area contributed by atoms with Crippen LogP contribution in [0.1, 0.15) is 34.6 Å². The van der Waals surface area contributed by atoms with Crippen LogP contribution < -0.4 is 9.47 Å². The van der Waals surface area contributed by atoms with Crippen molar-refractivity contribution in [3.8, 4) is 23.8 Å². The number of hydrogen-bond acceptors (Lipinski definition) is 3. The van der Waals surface area contributed by atoms with Gasteiger partial charge in [0.05, 0.1) is 20.3 Å². The van der Waals surface area contributed by atoms with Crippen LogP contribution in [0.4, 0.5) is 0 Å². The predicted octanol–water partition coefficient (Wildman–Crippen LogP) is 3.12. The number of methoxy groups -OCH3 is 2. The van der Waals surface area contributed by atoms with Gasteiger partial charge in [-0.2, -0.15) is 0 Å². The molecule has 0 bridgehead atoms. The maximum atomic E-state index is 10.6. The van der Waals surface area contributed by atoms with E-state index >= 15 is 0 Å². The van der Waals surface area contributed by atoms with Gasteiger partial charge in [0.25, 0.3) is 0 Å². The number of aliphatic hydroxyl groups excluding tert-OH is 1. The fourth-order valence-electron chi connectivity index (χ4n) is 3.36. The molecule has 0 saturated heterocycles. The molecule has 1 aliphatic carbocycles. The first-order valence-corrected chi connectivity index (χ1v) is 7.63. The molecular formula is C20H20O3. The Morgan fingerprint density at radius 1 is 1.09 bits per heavy atom. The zero-order chi connectivity index (χ0) is 16.4. The molecule has 0 aliphatic heterocycles. The molecule has 1 unspecified atom stereocenters. The van der Waals surface area contributed by atoms with Gasteiger partial charge in [0, 0.05) is 12.3 Å². The lowest BCUT2D eigenvalue weighted by Crippen LogP contribution is -2.25. The van der Waals surface area contributed by atoms with Gasteiger partial charge >= 0.3 is 0 Å². The summed E-state index contributed by atoms with van der Waals surface area (Å²) in [5.74, 6) is 4.09.